The molecule has 1 N–H and O–H groups in total. The molecule has 0 saturated heterocycles. The quantitative estimate of drug-likeness (QED) is 0.536. The van der Waals surface area contributed by atoms with Gasteiger partial charge in [0.2, 0.25) is 5.91 Å². The topological polar surface area (TPSA) is 68.0 Å². The first-order valence-corrected chi connectivity index (χ1v) is 8.96. The van der Waals surface area contributed by atoms with Crippen LogP contribution in [0.1, 0.15) is 12.3 Å². The SMILES string of the molecule is O=C(CCc1ncc(-c2ccc(F)cc2F)o1)Nc1nc2ccccc2s1. The van der Waals surface area contributed by atoms with Crippen LogP contribution in [-0.2, 0) is 11.2 Å². The van der Waals surface area contributed by atoms with Crippen molar-refractivity contribution in [1.29, 1.82) is 0 Å². The number of rotatable bonds is 5. The molecular formula is C19H13F2N3O2S. The number of hydrogen-bond donors (Lipinski definition) is 1. The smallest absolute Gasteiger partial charge is 0.226 e. The Labute approximate surface area is 156 Å². The number of carbonyl (C=O) groups is 1. The summed E-state index contributed by atoms with van der Waals surface area (Å²) in [5, 5.41) is 3.28. The summed E-state index contributed by atoms with van der Waals surface area (Å²) in [7, 11) is 0. The standard InChI is InChI=1S/C19H13F2N3O2S/c20-11-5-6-12(13(21)9-11)15-10-22-18(26-15)8-7-17(25)24-19-23-14-3-1-2-4-16(14)27-19/h1-6,9-10H,7-8H2,(H,23,24,25). The zero-order valence-electron chi connectivity index (χ0n) is 13.9. The molecule has 0 unspecified atom stereocenters. The fraction of sp³-hybridized carbons (Fsp3) is 0.105. The van der Waals surface area contributed by atoms with E-state index in [4.69, 9.17) is 4.42 Å². The van der Waals surface area contributed by atoms with Crippen LogP contribution >= 0.6 is 11.3 Å². The molecule has 2 aromatic carbocycles. The van der Waals surface area contributed by atoms with Crippen LogP contribution in [0.5, 0.6) is 0 Å². The molecule has 0 aliphatic carbocycles. The zero-order chi connectivity index (χ0) is 18.8. The average Bonchev–Trinajstić information content (AvgIpc) is 3.26. The molecule has 0 saturated carbocycles. The third kappa shape index (κ3) is 3.85. The van der Waals surface area contributed by atoms with Gasteiger partial charge in [-0.05, 0) is 24.3 Å². The summed E-state index contributed by atoms with van der Waals surface area (Å²) < 4.78 is 33.2. The van der Waals surface area contributed by atoms with Crippen molar-refractivity contribution >= 4 is 32.6 Å². The molecule has 27 heavy (non-hydrogen) atoms. The van der Waals surface area contributed by atoms with Crippen molar-refractivity contribution in [1.82, 2.24) is 9.97 Å². The van der Waals surface area contributed by atoms with Gasteiger partial charge in [-0.1, -0.05) is 23.5 Å². The molecule has 0 radical (unpaired) electrons. The number of anilines is 1. The van der Waals surface area contributed by atoms with Gasteiger partial charge in [-0.15, -0.1) is 0 Å². The number of aromatic nitrogens is 2. The lowest BCUT2D eigenvalue weighted by Gasteiger charge is -2.00. The zero-order valence-corrected chi connectivity index (χ0v) is 14.7. The predicted molar refractivity (Wildman–Crippen MR) is 98.4 cm³/mol. The Kier molecular flexibility index (Phi) is 4.64. The molecule has 5 nitrogen and oxygen atoms in total. The van der Waals surface area contributed by atoms with Crippen molar-refractivity contribution < 1.29 is 18.0 Å². The number of thiazole rings is 1. The van der Waals surface area contributed by atoms with Crippen LogP contribution in [0.25, 0.3) is 21.5 Å². The van der Waals surface area contributed by atoms with Crippen LogP contribution < -0.4 is 5.32 Å². The molecular weight excluding hydrogens is 372 g/mol. The number of nitrogens with one attached hydrogen (secondary N) is 1. The van der Waals surface area contributed by atoms with E-state index in [2.05, 4.69) is 15.3 Å². The largest absolute Gasteiger partial charge is 0.441 e. The van der Waals surface area contributed by atoms with Crippen LogP contribution in [0.3, 0.4) is 0 Å². The molecule has 0 aliphatic heterocycles. The Morgan fingerprint density at radius 2 is 2.04 bits per heavy atom. The first-order chi connectivity index (χ1) is 13.1. The maximum absolute atomic E-state index is 13.8. The molecule has 4 rings (SSSR count). The number of carbonyl (C=O) groups excluding carboxylic acids is 1. The molecule has 0 spiro atoms. The maximum atomic E-state index is 13.8. The summed E-state index contributed by atoms with van der Waals surface area (Å²) >= 11 is 1.40. The number of aryl methyl sites for hydroxylation is 1. The minimum absolute atomic E-state index is 0.120. The van der Waals surface area contributed by atoms with Crippen molar-refractivity contribution in [2.75, 3.05) is 5.32 Å². The Hall–Kier alpha value is -3.13. The lowest BCUT2D eigenvalue weighted by molar-refractivity contribution is -0.116. The van der Waals surface area contributed by atoms with E-state index in [0.717, 1.165) is 22.3 Å². The monoisotopic (exact) mass is 385 g/mol. The normalized spacial score (nSPS) is 11.0. The Bertz CT molecular complexity index is 1090. The number of amides is 1. The predicted octanol–water partition coefficient (Wildman–Crippen LogP) is 4.80. The van der Waals surface area contributed by atoms with E-state index in [1.54, 1.807) is 0 Å². The molecule has 4 aromatic rings. The van der Waals surface area contributed by atoms with E-state index in [9.17, 15) is 13.6 Å². The molecule has 0 bridgehead atoms. The van der Waals surface area contributed by atoms with E-state index in [1.165, 1.54) is 23.6 Å². The van der Waals surface area contributed by atoms with Crippen molar-refractivity contribution in [3.05, 3.63) is 66.2 Å². The Morgan fingerprint density at radius 1 is 1.19 bits per heavy atom. The van der Waals surface area contributed by atoms with Gasteiger partial charge < -0.3 is 9.73 Å². The number of oxazole rings is 1. The van der Waals surface area contributed by atoms with Gasteiger partial charge in [0.15, 0.2) is 16.8 Å². The van der Waals surface area contributed by atoms with E-state index in [1.807, 2.05) is 24.3 Å². The summed E-state index contributed by atoms with van der Waals surface area (Å²) in [6.07, 6.45) is 1.75. The highest BCUT2D eigenvalue weighted by Gasteiger charge is 2.14. The highest BCUT2D eigenvalue weighted by Crippen LogP contribution is 2.26. The highest BCUT2D eigenvalue weighted by molar-refractivity contribution is 7.22. The maximum Gasteiger partial charge on any atom is 0.226 e. The van der Waals surface area contributed by atoms with Crippen LogP contribution in [-0.4, -0.2) is 15.9 Å². The van der Waals surface area contributed by atoms with Gasteiger partial charge in [-0.3, -0.25) is 4.79 Å². The van der Waals surface area contributed by atoms with Crippen molar-refractivity contribution in [2.24, 2.45) is 0 Å². The Morgan fingerprint density at radius 3 is 2.85 bits per heavy atom. The second kappa shape index (κ2) is 7.24. The van der Waals surface area contributed by atoms with Gasteiger partial charge >= 0.3 is 0 Å². The number of fused-ring (bicyclic) bond motifs is 1. The molecule has 1 amide bonds. The van der Waals surface area contributed by atoms with Gasteiger partial charge in [-0.2, -0.15) is 0 Å². The molecule has 2 heterocycles. The van der Waals surface area contributed by atoms with E-state index in [0.29, 0.717) is 11.0 Å². The summed E-state index contributed by atoms with van der Waals surface area (Å²) in [4.78, 5) is 20.5. The molecule has 0 aliphatic rings. The molecule has 8 heteroatoms. The van der Waals surface area contributed by atoms with Gasteiger partial charge in [0.1, 0.15) is 11.6 Å². The highest BCUT2D eigenvalue weighted by atomic mass is 32.1. The van der Waals surface area contributed by atoms with E-state index in [-0.39, 0.29) is 30.1 Å². The minimum Gasteiger partial charge on any atom is -0.441 e. The van der Waals surface area contributed by atoms with Gasteiger partial charge in [0, 0.05) is 18.9 Å². The van der Waals surface area contributed by atoms with Gasteiger partial charge in [-0.25, -0.2) is 18.7 Å². The summed E-state index contributed by atoms with van der Waals surface area (Å²) in [6, 6.07) is 10.8. The van der Waals surface area contributed by atoms with Crippen LogP contribution in [0.15, 0.2) is 53.1 Å². The van der Waals surface area contributed by atoms with Crippen LogP contribution in [0.2, 0.25) is 0 Å². The molecule has 2 aromatic heterocycles. The van der Waals surface area contributed by atoms with Gasteiger partial charge in [0.05, 0.1) is 22.0 Å². The third-order valence-electron chi connectivity index (χ3n) is 3.86. The van der Waals surface area contributed by atoms with E-state index < -0.39 is 11.6 Å². The van der Waals surface area contributed by atoms with Crippen LogP contribution in [0, 0.1) is 11.6 Å². The second-order valence-corrected chi connectivity index (χ2v) is 6.81. The third-order valence-corrected chi connectivity index (χ3v) is 4.81. The summed E-state index contributed by atoms with van der Waals surface area (Å²) in [5.74, 6) is -1.13. The number of halogens is 2. The first-order valence-electron chi connectivity index (χ1n) is 8.14. The lowest BCUT2D eigenvalue weighted by atomic mass is 10.2. The van der Waals surface area contributed by atoms with E-state index >= 15 is 0 Å². The summed E-state index contributed by atoms with van der Waals surface area (Å²) in [6.45, 7) is 0. The molecule has 0 atom stereocenters. The first kappa shape index (κ1) is 17.3. The number of benzene rings is 2. The van der Waals surface area contributed by atoms with Crippen molar-refractivity contribution in [3.63, 3.8) is 0 Å². The number of hydrogen-bond acceptors (Lipinski definition) is 5. The average molecular weight is 385 g/mol. The molecule has 0 fully saturated rings. The van der Waals surface area contributed by atoms with Crippen LogP contribution in [0.4, 0.5) is 13.9 Å². The number of nitrogens with zero attached hydrogens (tertiary/aromatic N) is 2. The fourth-order valence-electron chi connectivity index (χ4n) is 2.57. The molecule has 136 valence electrons. The minimum atomic E-state index is -0.730. The Balaban J connectivity index is 1.38. The van der Waals surface area contributed by atoms with Crippen molar-refractivity contribution in [3.8, 4) is 11.3 Å². The second-order valence-electron chi connectivity index (χ2n) is 5.78. The number of para-hydroxylation sites is 1. The lowest BCUT2D eigenvalue weighted by Crippen LogP contribution is -2.12. The fourth-order valence-corrected chi connectivity index (χ4v) is 3.45. The van der Waals surface area contributed by atoms with Crippen molar-refractivity contribution in [2.45, 2.75) is 12.8 Å². The summed E-state index contributed by atoms with van der Waals surface area (Å²) in [5.41, 5.74) is 0.950. The van der Waals surface area contributed by atoms with Gasteiger partial charge in [0.25, 0.3) is 0 Å².